The maximum atomic E-state index is 13.9. The van der Waals surface area contributed by atoms with Crippen molar-refractivity contribution in [3.8, 4) is 0 Å². The third kappa shape index (κ3) is 4.15. The Morgan fingerprint density at radius 2 is 1.87 bits per heavy atom. The quantitative estimate of drug-likeness (QED) is 0.680. The van der Waals surface area contributed by atoms with Crippen molar-refractivity contribution in [2.75, 3.05) is 13.1 Å². The molecular formula is C22H28F3N5O. The van der Waals surface area contributed by atoms with Crippen molar-refractivity contribution in [2.24, 2.45) is 16.9 Å². The highest BCUT2D eigenvalue weighted by Gasteiger charge is 2.41. The van der Waals surface area contributed by atoms with Crippen LogP contribution in [0.3, 0.4) is 0 Å². The first-order chi connectivity index (χ1) is 14.6. The van der Waals surface area contributed by atoms with Gasteiger partial charge in [-0.25, -0.2) is 18.2 Å². The fourth-order valence-electron chi connectivity index (χ4n) is 5.01. The lowest BCUT2D eigenvalue weighted by molar-refractivity contribution is -0.0577. The number of likely N-dealkylation sites (tertiary alicyclic amines) is 1. The number of halogens is 3. The first-order valence-electron chi connectivity index (χ1n) is 10.7. The van der Waals surface area contributed by atoms with E-state index in [1.54, 1.807) is 0 Å². The molecule has 5 N–H and O–H groups in total. The van der Waals surface area contributed by atoms with Gasteiger partial charge in [0.15, 0.2) is 0 Å². The molecule has 0 unspecified atom stereocenters. The summed E-state index contributed by atoms with van der Waals surface area (Å²) < 4.78 is 40.9. The lowest BCUT2D eigenvalue weighted by Gasteiger charge is -2.45. The second-order valence-electron chi connectivity index (χ2n) is 9.06. The number of alkyl halides is 2. The van der Waals surface area contributed by atoms with Crippen LogP contribution < -0.4 is 11.5 Å². The number of hydrogen-bond acceptors (Lipinski definition) is 4. The van der Waals surface area contributed by atoms with Gasteiger partial charge < -0.3 is 21.4 Å². The van der Waals surface area contributed by atoms with Crippen molar-refractivity contribution in [2.45, 2.75) is 57.4 Å². The van der Waals surface area contributed by atoms with E-state index in [1.165, 1.54) is 12.3 Å². The summed E-state index contributed by atoms with van der Waals surface area (Å²) in [6.45, 7) is 3.66. The fourth-order valence-corrected chi connectivity index (χ4v) is 5.01. The van der Waals surface area contributed by atoms with E-state index in [4.69, 9.17) is 11.5 Å². The molecule has 1 aliphatic heterocycles. The number of carbonyl (C=O) groups is 1. The molecule has 1 saturated heterocycles. The summed E-state index contributed by atoms with van der Waals surface area (Å²) in [5, 5.41) is 0. The number of primary amides is 1. The number of hydrogen-bond donors (Lipinski definition) is 3. The average Bonchev–Trinajstić information content (AvgIpc) is 3.11. The topological polar surface area (TPSA) is 101 Å². The molecule has 1 saturated carbocycles. The van der Waals surface area contributed by atoms with E-state index in [9.17, 15) is 18.0 Å². The number of H-pyrrole nitrogens is 1. The number of aromatic nitrogens is 2. The average molecular weight is 435 g/mol. The van der Waals surface area contributed by atoms with Gasteiger partial charge in [0.2, 0.25) is 5.92 Å². The number of amides is 1. The molecular weight excluding hydrogens is 407 g/mol. The van der Waals surface area contributed by atoms with Gasteiger partial charge in [-0.05, 0) is 56.3 Å². The SMILES string of the molecule is CC1(C(=CN)c2nc3c(C(N)=O)cc(F)cc3[nH]2)CCN(C2CCC(F)(F)CC2)CC1. The summed E-state index contributed by atoms with van der Waals surface area (Å²) in [6.07, 6.45) is 4.04. The standard InChI is InChI=1S/C22H28F3N5O/c1-21(6-8-30(9-7-21)14-2-4-22(24,25)5-3-14)16(12-26)20-28-17-11-13(23)10-15(19(27)31)18(17)29-20/h10-12,14H,2-9,26H2,1H3,(H2,27,31)(H,28,29). The monoisotopic (exact) mass is 435 g/mol. The molecule has 0 spiro atoms. The van der Waals surface area contributed by atoms with Crippen LogP contribution in [0.2, 0.25) is 0 Å². The van der Waals surface area contributed by atoms with Crippen LogP contribution in [0.4, 0.5) is 13.2 Å². The van der Waals surface area contributed by atoms with E-state index in [0.29, 0.717) is 29.7 Å². The second kappa shape index (κ2) is 7.85. The molecule has 2 heterocycles. The highest BCUT2D eigenvalue weighted by atomic mass is 19.3. The van der Waals surface area contributed by atoms with E-state index in [1.807, 2.05) is 0 Å². The fraction of sp³-hybridized carbons (Fsp3) is 0.545. The Hall–Kier alpha value is -2.55. The zero-order chi connectivity index (χ0) is 22.4. The molecule has 2 aliphatic rings. The highest BCUT2D eigenvalue weighted by molar-refractivity contribution is 6.04. The van der Waals surface area contributed by atoms with E-state index in [-0.39, 0.29) is 29.9 Å². The molecule has 31 heavy (non-hydrogen) atoms. The van der Waals surface area contributed by atoms with Crippen LogP contribution in [0.15, 0.2) is 18.3 Å². The van der Waals surface area contributed by atoms with Crippen molar-refractivity contribution in [3.63, 3.8) is 0 Å². The van der Waals surface area contributed by atoms with Crippen molar-refractivity contribution in [1.82, 2.24) is 14.9 Å². The third-order valence-corrected chi connectivity index (χ3v) is 6.99. The predicted octanol–water partition coefficient (Wildman–Crippen LogP) is 3.78. The van der Waals surface area contributed by atoms with Crippen LogP contribution in [0, 0.1) is 11.2 Å². The molecule has 1 aliphatic carbocycles. The number of rotatable bonds is 4. The number of benzene rings is 1. The third-order valence-electron chi connectivity index (χ3n) is 6.99. The van der Waals surface area contributed by atoms with Gasteiger partial charge in [0.05, 0.1) is 11.1 Å². The molecule has 1 aromatic carbocycles. The smallest absolute Gasteiger partial charge is 0.251 e. The van der Waals surface area contributed by atoms with Gasteiger partial charge in [-0.2, -0.15) is 0 Å². The minimum Gasteiger partial charge on any atom is -0.404 e. The summed E-state index contributed by atoms with van der Waals surface area (Å²) >= 11 is 0. The number of aromatic amines is 1. The molecule has 1 amide bonds. The first kappa shape index (κ1) is 21.7. The Kier molecular flexibility index (Phi) is 5.49. The lowest BCUT2D eigenvalue weighted by atomic mass is 9.73. The number of imidazole rings is 1. The van der Waals surface area contributed by atoms with E-state index in [2.05, 4.69) is 21.8 Å². The largest absolute Gasteiger partial charge is 0.404 e. The van der Waals surface area contributed by atoms with Crippen LogP contribution in [0.1, 0.15) is 61.6 Å². The van der Waals surface area contributed by atoms with E-state index in [0.717, 1.165) is 37.6 Å². The molecule has 2 fully saturated rings. The number of allylic oxidation sites excluding steroid dienone is 1. The molecule has 0 bridgehead atoms. The second-order valence-corrected chi connectivity index (χ2v) is 9.06. The van der Waals surface area contributed by atoms with Gasteiger partial charge in [-0.1, -0.05) is 6.92 Å². The summed E-state index contributed by atoms with van der Waals surface area (Å²) in [4.78, 5) is 21.6. The number of nitrogens with zero attached hydrogens (tertiary/aromatic N) is 2. The van der Waals surface area contributed by atoms with Crippen molar-refractivity contribution >= 4 is 22.5 Å². The molecule has 4 rings (SSSR count). The van der Waals surface area contributed by atoms with Crippen molar-refractivity contribution in [1.29, 1.82) is 0 Å². The van der Waals surface area contributed by atoms with Crippen LogP contribution in [-0.4, -0.2) is 45.8 Å². The first-order valence-corrected chi connectivity index (χ1v) is 10.7. The summed E-state index contributed by atoms with van der Waals surface area (Å²) in [5.41, 5.74) is 12.6. The maximum Gasteiger partial charge on any atom is 0.251 e. The van der Waals surface area contributed by atoms with Gasteiger partial charge in [-0.3, -0.25) is 4.79 Å². The van der Waals surface area contributed by atoms with E-state index >= 15 is 0 Å². The van der Waals surface area contributed by atoms with E-state index < -0.39 is 17.6 Å². The van der Waals surface area contributed by atoms with Gasteiger partial charge in [0.1, 0.15) is 17.2 Å². The summed E-state index contributed by atoms with van der Waals surface area (Å²) in [7, 11) is 0. The van der Waals surface area contributed by atoms with Gasteiger partial charge in [0, 0.05) is 30.7 Å². The minimum atomic E-state index is -2.53. The Balaban J connectivity index is 1.54. The van der Waals surface area contributed by atoms with Crippen molar-refractivity contribution < 1.29 is 18.0 Å². The molecule has 6 nitrogen and oxygen atoms in total. The lowest BCUT2D eigenvalue weighted by Crippen LogP contribution is -2.47. The number of nitrogens with two attached hydrogens (primary N) is 2. The van der Waals surface area contributed by atoms with Gasteiger partial charge in [-0.15, -0.1) is 0 Å². The predicted molar refractivity (Wildman–Crippen MR) is 113 cm³/mol. The minimum absolute atomic E-state index is 0.0166. The summed E-state index contributed by atoms with van der Waals surface area (Å²) in [6, 6.07) is 2.55. The van der Waals surface area contributed by atoms with Gasteiger partial charge in [0.25, 0.3) is 5.91 Å². The molecule has 168 valence electrons. The van der Waals surface area contributed by atoms with Crippen LogP contribution in [0.25, 0.3) is 16.6 Å². The molecule has 9 heteroatoms. The number of nitrogens with one attached hydrogen (secondary N) is 1. The molecule has 2 aromatic rings. The zero-order valence-electron chi connectivity index (χ0n) is 17.6. The number of piperidine rings is 1. The van der Waals surface area contributed by atoms with Crippen LogP contribution >= 0.6 is 0 Å². The molecule has 0 atom stereocenters. The Morgan fingerprint density at radius 1 is 1.23 bits per heavy atom. The Labute approximate surface area is 178 Å². The van der Waals surface area contributed by atoms with Crippen molar-refractivity contribution in [3.05, 3.63) is 35.5 Å². The zero-order valence-corrected chi connectivity index (χ0v) is 17.6. The maximum absolute atomic E-state index is 13.9. The van der Waals surface area contributed by atoms with Crippen LogP contribution in [-0.2, 0) is 0 Å². The Morgan fingerprint density at radius 3 is 2.45 bits per heavy atom. The van der Waals surface area contributed by atoms with Gasteiger partial charge >= 0.3 is 0 Å². The number of fused-ring (bicyclic) bond motifs is 1. The molecule has 0 radical (unpaired) electrons. The van der Waals surface area contributed by atoms with Crippen LogP contribution in [0.5, 0.6) is 0 Å². The Bertz CT molecular complexity index is 1010. The highest BCUT2D eigenvalue weighted by Crippen LogP contribution is 2.44. The normalized spacial score (nSPS) is 22.6. The molecule has 1 aromatic heterocycles. The summed E-state index contributed by atoms with van der Waals surface area (Å²) in [5.74, 6) is -3.37. The number of carbonyl (C=O) groups excluding carboxylic acids is 1.